The van der Waals surface area contributed by atoms with Crippen molar-refractivity contribution in [2.75, 3.05) is 0 Å². The number of halogens is 2. The number of ketones is 1. The molecule has 0 unspecified atom stereocenters. The third-order valence-electron chi connectivity index (χ3n) is 4.26. The Balaban J connectivity index is 1.94. The highest BCUT2D eigenvalue weighted by molar-refractivity contribution is 9.10. The standard InChI is InChI=1S/C16H20BrFO/c1-2-11-3-5-12(6-4-11)16(19)9-13-7-8-14(17)10-15(13)18/h7-8,10-12H,2-6,9H2,1H3. The van der Waals surface area contributed by atoms with E-state index >= 15 is 0 Å². The summed E-state index contributed by atoms with van der Waals surface area (Å²) in [5.74, 6) is 0.847. The second-order valence-corrected chi connectivity index (χ2v) is 6.42. The van der Waals surface area contributed by atoms with Gasteiger partial charge in [-0.2, -0.15) is 0 Å². The fraction of sp³-hybridized carbons (Fsp3) is 0.562. The van der Waals surface area contributed by atoms with Crippen LogP contribution in [-0.4, -0.2) is 5.78 Å². The average molecular weight is 327 g/mol. The summed E-state index contributed by atoms with van der Waals surface area (Å²) in [6.45, 7) is 2.21. The van der Waals surface area contributed by atoms with Crippen LogP contribution in [0.3, 0.4) is 0 Å². The van der Waals surface area contributed by atoms with E-state index in [2.05, 4.69) is 22.9 Å². The Hall–Kier alpha value is -0.700. The summed E-state index contributed by atoms with van der Waals surface area (Å²) in [4.78, 5) is 12.2. The number of carbonyl (C=O) groups is 1. The van der Waals surface area contributed by atoms with Gasteiger partial charge in [-0.05, 0) is 49.3 Å². The Bertz CT molecular complexity index is 450. The number of hydrogen-bond acceptors (Lipinski definition) is 1. The lowest BCUT2D eigenvalue weighted by Crippen LogP contribution is -2.23. The molecule has 3 heteroatoms. The van der Waals surface area contributed by atoms with Crippen LogP contribution in [0.15, 0.2) is 22.7 Å². The topological polar surface area (TPSA) is 17.1 Å². The highest BCUT2D eigenvalue weighted by atomic mass is 79.9. The van der Waals surface area contributed by atoms with E-state index in [1.54, 1.807) is 12.1 Å². The summed E-state index contributed by atoms with van der Waals surface area (Å²) in [6.07, 6.45) is 5.71. The molecule has 0 atom stereocenters. The molecule has 0 spiro atoms. The Morgan fingerprint density at radius 2 is 2.00 bits per heavy atom. The number of hydrogen-bond donors (Lipinski definition) is 0. The smallest absolute Gasteiger partial charge is 0.140 e. The van der Waals surface area contributed by atoms with Gasteiger partial charge < -0.3 is 0 Å². The molecule has 1 nitrogen and oxygen atoms in total. The van der Waals surface area contributed by atoms with E-state index in [0.29, 0.717) is 10.0 Å². The van der Waals surface area contributed by atoms with Gasteiger partial charge in [-0.15, -0.1) is 0 Å². The van der Waals surface area contributed by atoms with Crippen molar-refractivity contribution in [2.24, 2.45) is 11.8 Å². The zero-order valence-corrected chi connectivity index (χ0v) is 12.9. The first kappa shape index (κ1) is 14.7. The molecule has 1 aromatic carbocycles. The third kappa shape index (κ3) is 3.88. The van der Waals surface area contributed by atoms with Crippen molar-refractivity contribution in [3.8, 4) is 0 Å². The average Bonchev–Trinajstić information content (AvgIpc) is 2.42. The number of Topliss-reactive ketones (excluding diaryl/α,β-unsaturated/α-hetero) is 1. The quantitative estimate of drug-likeness (QED) is 0.767. The first-order valence-corrected chi connectivity index (χ1v) is 7.86. The van der Waals surface area contributed by atoms with E-state index in [1.807, 2.05) is 0 Å². The molecule has 0 bridgehead atoms. The summed E-state index contributed by atoms with van der Waals surface area (Å²) < 4.78 is 14.4. The fourth-order valence-electron chi connectivity index (χ4n) is 2.89. The third-order valence-corrected chi connectivity index (χ3v) is 4.75. The van der Waals surface area contributed by atoms with Gasteiger partial charge >= 0.3 is 0 Å². The van der Waals surface area contributed by atoms with Crippen molar-refractivity contribution in [1.82, 2.24) is 0 Å². The molecule has 1 aliphatic rings. The lowest BCUT2D eigenvalue weighted by Gasteiger charge is -2.26. The van der Waals surface area contributed by atoms with Crippen molar-refractivity contribution in [1.29, 1.82) is 0 Å². The van der Waals surface area contributed by atoms with Crippen LogP contribution < -0.4 is 0 Å². The van der Waals surface area contributed by atoms with Gasteiger partial charge in [0.15, 0.2) is 0 Å². The zero-order chi connectivity index (χ0) is 13.8. The minimum absolute atomic E-state index is 0.144. The predicted molar refractivity (Wildman–Crippen MR) is 78.6 cm³/mol. The minimum Gasteiger partial charge on any atom is -0.299 e. The van der Waals surface area contributed by atoms with Gasteiger partial charge in [0.2, 0.25) is 0 Å². The zero-order valence-electron chi connectivity index (χ0n) is 11.3. The fourth-order valence-corrected chi connectivity index (χ4v) is 3.22. The molecule has 1 saturated carbocycles. The molecule has 0 heterocycles. The van der Waals surface area contributed by atoms with E-state index in [1.165, 1.54) is 12.5 Å². The van der Waals surface area contributed by atoms with E-state index in [-0.39, 0.29) is 23.9 Å². The second-order valence-electron chi connectivity index (χ2n) is 5.50. The molecule has 0 radical (unpaired) electrons. The largest absolute Gasteiger partial charge is 0.299 e. The van der Waals surface area contributed by atoms with Gasteiger partial charge in [0, 0.05) is 16.8 Å². The van der Waals surface area contributed by atoms with Gasteiger partial charge in [-0.25, -0.2) is 4.39 Å². The molecular weight excluding hydrogens is 307 g/mol. The Morgan fingerprint density at radius 1 is 1.32 bits per heavy atom. The molecule has 0 N–H and O–H groups in total. The molecule has 104 valence electrons. The first-order chi connectivity index (χ1) is 9.10. The molecule has 19 heavy (non-hydrogen) atoms. The van der Waals surface area contributed by atoms with E-state index in [4.69, 9.17) is 0 Å². The Labute approximate surface area is 122 Å². The monoisotopic (exact) mass is 326 g/mol. The first-order valence-electron chi connectivity index (χ1n) is 7.06. The molecule has 1 fully saturated rings. The van der Waals surface area contributed by atoms with Crippen LogP contribution in [0.4, 0.5) is 4.39 Å². The van der Waals surface area contributed by atoms with Gasteiger partial charge in [0.1, 0.15) is 11.6 Å². The van der Waals surface area contributed by atoms with Crippen molar-refractivity contribution >= 4 is 21.7 Å². The molecule has 1 aliphatic carbocycles. The van der Waals surface area contributed by atoms with Gasteiger partial charge in [-0.1, -0.05) is 35.3 Å². The number of benzene rings is 1. The van der Waals surface area contributed by atoms with Crippen LogP contribution in [0.5, 0.6) is 0 Å². The van der Waals surface area contributed by atoms with Crippen molar-refractivity contribution in [2.45, 2.75) is 45.4 Å². The van der Waals surface area contributed by atoms with E-state index in [0.717, 1.165) is 31.6 Å². The van der Waals surface area contributed by atoms with Gasteiger partial charge in [-0.3, -0.25) is 4.79 Å². The lowest BCUT2D eigenvalue weighted by molar-refractivity contribution is -0.123. The summed E-state index contributed by atoms with van der Waals surface area (Å²) in [7, 11) is 0. The van der Waals surface area contributed by atoms with Crippen LogP contribution >= 0.6 is 15.9 Å². The SMILES string of the molecule is CCC1CCC(C(=O)Cc2ccc(Br)cc2F)CC1. The van der Waals surface area contributed by atoms with Crippen LogP contribution in [0, 0.1) is 17.7 Å². The molecule has 0 saturated heterocycles. The maximum absolute atomic E-state index is 13.7. The highest BCUT2D eigenvalue weighted by Gasteiger charge is 2.25. The lowest BCUT2D eigenvalue weighted by atomic mass is 9.78. The second kappa shape index (κ2) is 6.65. The van der Waals surface area contributed by atoms with Crippen LogP contribution in [0.2, 0.25) is 0 Å². The molecule has 0 aliphatic heterocycles. The normalized spacial score (nSPS) is 23.3. The maximum atomic E-state index is 13.7. The van der Waals surface area contributed by atoms with Crippen LogP contribution in [0.1, 0.15) is 44.6 Å². The Kier molecular flexibility index (Phi) is 5.14. The van der Waals surface area contributed by atoms with Crippen LogP contribution in [-0.2, 0) is 11.2 Å². The molecule has 1 aromatic rings. The summed E-state index contributed by atoms with van der Waals surface area (Å²) >= 11 is 3.23. The number of rotatable bonds is 4. The molecule has 0 aromatic heterocycles. The van der Waals surface area contributed by atoms with Gasteiger partial charge in [0.05, 0.1) is 0 Å². The predicted octanol–water partition coefficient (Wildman–Crippen LogP) is 4.92. The summed E-state index contributed by atoms with van der Waals surface area (Å²) in [6, 6.07) is 4.92. The van der Waals surface area contributed by atoms with Crippen molar-refractivity contribution < 1.29 is 9.18 Å². The highest BCUT2D eigenvalue weighted by Crippen LogP contribution is 2.32. The molecule has 2 rings (SSSR count). The number of carbonyl (C=O) groups excluding carboxylic acids is 1. The van der Waals surface area contributed by atoms with E-state index < -0.39 is 0 Å². The minimum atomic E-state index is -0.287. The Morgan fingerprint density at radius 3 is 2.58 bits per heavy atom. The summed E-state index contributed by atoms with van der Waals surface area (Å²) in [5, 5.41) is 0. The van der Waals surface area contributed by atoms with Gasteiger partial charge in [0.25, 0.3) is 0 Å². The summed E-state index contributed by atoms with van der Waals surface area (Å²) in [5.41, 5.74) is 0.519. The molecular formula is C16H20BrFO. The van der Waals surface area contributed by atoms with Crippen LogP contribution in [0.25, 0.3) is 0 Å². The molecule has 0 amide bonds. The van der Waals surface area contributed by atoms with Crippen molar-refractivity contribution in [3.05, 3.63) is 34.1 Å². The van der Waals surface area contributed by atoms with E-state index in [9.17, 15) is 9.18 Å². The van der Waals surface area contributed by atoms with Crippen molar-refractivity contribution in [3.63, 3.8) is 0 Å². The maximum Gasteiger partial charge on any atom is 0.140 e.